The molecule has 0 aromatic rings. The first-order chi connectivity index (χ1) is 9.30. The first-order valence-corrected chi connectivity index (χ1v) is 8.39. The fourth-order valence-electron chi connectivity index (χ4n) is 4.04. The Kier molecular flexibility index (Phi) is 4.63. The van der Waals surface area contributed by atoms with Crippen molar-refractivity contribution in [1.29, 1.82) is 0 Å². The zero-order valence-electron chi connectivity index (χ0n) is 14.0. The molecule has 2 aliphatic rings. The van der Waals surface area contributed by atoms with Gasteiger partial charge in [-0.1, -0.05) is 27.7 Å². The summed E-state index contributed by atoms with van der Waals surface area (Å²) in [7, 11) is 1.74. The van der Waals surface area contributed by atoms with Crippen LogP contribution in [0.4, 0.5) is 0 Å². The highest BCUT2D eigenvalue weighted by Crippen LogP contribution is 2.45. The van der Waals surface area contributed by atoms with E-state index in [1.54, 1.807) is 7.11 Å². The van der Waals surface area contributed by atoms with E-state index in [1.165, 1.54) is 6.42 Å². The third-order valence-corrected chi connectivity index (χ3v) is 6.22. The molecule has 0 heterocycles. The summed E-state index contributed by atoms with van der Waals surface area (Å²) in [6, 6.07) is 0. The fourth-order valence-corrected chi connectivity index (χ4v) is 4.04. The van der Waals surface area contributed by atoms with Crippen LogP contribution in [0.1, 0.15) is 72.6 Å². The topological polar surface area (TPSA) is 26.3 Å². The summed E-state index contributed by atoms with van der Waals surface area (Å²) in [4.78, 5) is 13.0. The molecule has 2 rings (SSSR count). The first-order valence-electron chi connectivity index (χ1n) is 8.39. The van der Waals surface area contributed by atoms with Crippen LogP contribution >= 0.6 is 0 Å². The average molecular weight is 280 g/mol. The second-order valence-electron chi connectivity index (χ2n) is 8.19. The minimum atomic E-state index is -0.472. The zero-order valence-corrected chi connectivity index (χ0v) is 14.0. The van der Waals surface area contributed by atoms with Crippen molar-refractivity contribution < 1.29 is 9.53 Å². The molecule has 0 radical (unpaired) electrons. The summed E-state index contributed by atoms with van der Waals surface area (Å²) in [5.41, 5.74) is -0.100. The third kappa shape index (κ3) is 3.10. The molecule has 3 unspecified atom stereocenters. The summed E-state index contributed by atoms with van der Waals surface area (Å²) in [5.74, 6) is 2.09. The molecule has 3 atom stereocenters. The van der Waals surface area contributed by atoms with Crippen molar-refractivity contribution in [2.24, 2.45) is 23.2 Å². The van der Waals surface area contributed by atoms with Gasteiger partial charge >= 0.3 is 0 Å². The molecule has 0 aromatic carbocycles. The van der Waals surface area contributed by atoms with Gasteiger partial charge in [0, 0.05) is 13.0 Å². The highest BCUT2D eigenvalue weighted by Gasteiger charge is 2.47. The maximum absolute atomic E-state index is 13.0. The molecule has 0 saturated heterocycles. The Morgan fingerprint density at radius 3 is 2.10 bits per heavy atom. The monoisotopic (exact) mass is 280 g/mol. The number of hydrogen-bond acceptors (Lipinski definition) is 2. The van der Waals surface area contributed by atoms with E-state index in [2.05, 4.69) is 27.7 Å². The summed E-state index contributed by atoms with van der Waals surface area (Å²) < 4.78 is 5.80. The second kappa shape index (κ2) is 5.79. The Morgan fingerprint density at radius 1 is 1.00 bits per heavy atom. The molecule has 116 valence electrons. The molecule has 0 bridgehead atoms. The molecule has 2 aliphatic carbocycles. The molecule has 2 nitrogen and oxygen atoms in total. The van der Waals surface area contributed by atoms with Crippen LogP contribution < -0.4 is 0 Å². The average Bonchev–Trinajstić information content (AvgIpc) is 2.42. The zero-order chi connectivity index (χ0) is 15.0. The van der Waals surface area contributed by atoms with Gasteiger partial charge in [-0.25, -0.2) is 0 Å². The quantitative estimate of drug-likeness (QED) is 0.754. The SMILES string of the molecule is COC1(C(=O)C2CCC(C)C(C)C2)CCC(C)(C)CC1. The van der Waals surface area contributed by atoms with Crippen LogP contribution in [0.25, 0.3) is 0 Å². The smallest absolute Gasteiger partial charge is 0.167 e. The normalized spacial score (nSPS) is 36.5. The highest BCUT2D eigenvalue weighted by atomic mass is 16.5. The molecule has 0 spiro atoms. The minimum Gasteiger partial charge on any atom is -0.370 e. The van der Waals surface area contributed by atoms with Gasteiger partial charge < -0.3 is 4.74 Å². The summed E-state index contributed by atoms with van der Waals surface area (Å²) in [6.07, 6.45) is 7.36. The van der Waals surface area contributed by atoms with Crippen LogP contribution in [0.5, 0.6) is 0 Å². The van der Waals surface area contributed by atoms with Crippen LogP contribution in [0.2, 0.25) is 0 Å². The van der Waals surface area contributed by atoms with Crippen molar-refractivity contribution in [2.75, 3.05) is 7.11 Å². The summed E-state index contributed by atoms with van der Waals surface area (Å²) >= 11 is 0. The van der Waals surface area contributed by atoms with E-state index in [0.717, 1.165) is 44.4 Å². The molecular formula is C18H32O2. The van der Waals surface area contributed by atoms with Crippen molar-refractivity contribution in [3.05, 3.63) is 0 Å². The lowest BCUT2D eigenvalue weighted by molar-refractivity contribution is -0.154. The molecule has 2 fully saturated rings. The van der Waals surface area contributed by atoms with Gasteiger partial charge in [0.05, 0.1) is 0 Å². The first kappa shape index (κ1) is 16.0. The minimum absolute atomic E-state index is 0.238. The van der Waals surface area contributed by atoms with Crippen LogP contribution in [-0.2, 0) is 9.53 Å². The lowest BCUT2D eigenvalue weighted by Crippen LogP contribution is -2.49. The Labute approximate surface area is 124 Å². The van der Waals surface area contributed by atoms with E-state index in [-0.39, 0.29) is 5.92 Å². The molecule has 0 aromatic heterocycles. The largest absolute Gasteiger partial charge is 0.370 e. The molecule has 0 N–H and O–H groups in total. The number of ketones is 1. The van der Waals surface area contributed by atoms with Gasteiger partial charge in [0.1, 0.15) is 5.60 Å². The molecule has 20 heavy (non-hydrogen) atoms. The Hall–Kier alpha value is -0.370. The number of rotatable bonds is 3. The number of hydrogen-bond donors (Lipinski definition) is 0. The van der Waals surface area contributed by atoms with Gasteiger partial charge in [0.25, 0.3) is 0 Å². The van der Waals surface area contributed by atoms with Gasteiger partial charge in [0.15, 0.2) is 5.78 Å². The van der Waals surface area contributed by atoms with E-state index in [4.69, 9.17) is 4.74 Å². The number of ether oxygens (including phenoxy) is 1. The highest BCUT2D eigenvalue weighted by molar-refractivity contribution is 5.89. The molecular weight excluding hydrogens is 248 g/mol. The number of methoxy groups -OCH3 is 1. The van der Waals surface area contributed by atoms with E-state index in [1.807, 2.05) is 0 Å². The third-order valence-electron chi connectivity index (χ3n) is 6.22. The molecule has 0 amide bonds. The van der Waals surface area contributed by atoms with E-state index >= 15 is 0 Å². The van der Waals surface area contributed by atoms with Gasteiger partial charge in [-0.15, -0.1) is 0 Å². The predicted octanol–water partition coefficient (Wildman–Crippen LogP) is 4.61. The number of carbonyl (C=O) groups excluding carboxylic acids is 1. The standard InChI is InChI=1S/C18H32O2/c1-13-6-7-15(12-14(13)2)16(19)18(20-5)10-8-17(3,4)9-11-18/h13-15H,6-12H2,1-5H3. The van der Waals surface area contributed by atoms with Crippen molar-refractivity contribution in [2.45, 2.75) is 78.2 Å². The van der Waals surface area contributed by atoms with Crippen LogP contribution in [-0.4, -0.2) is 18.5 Å². The van der Waals surface area contributed by atoms with E-state index in [0.29, 0.717) is 17.1 Å². The second-order valence-corrected chi connectivity index (χ2v) is 8.19. The summed E-state index contributed by atoms with van der Waals surface area (Å²) in [5, 5.41) is 0. The molecule has 0 aliphatic heterocycles. The fraction of sp³-hybridized carbons (Fsp3) is 0.944. The van der Waals surface area contributed by atoms with Crippen LogP contribution in [0.3, 0.4) is 0 Å². The Balaban J connectivity index is 2.06. The van der Waals surface area contributed by atoms with E-state index in [9.17, 15) is 4.79 Å². The van der Waals surface area contributed by atoms with Crippen LogP contribution in [0.15, 0.2) is 0 Å². The van der Waals surface area contributed by atoms with Gasteiger partial charge in [-0.2, -0.15) is 0 Å². The number of Topliss-reactive ketones (excluding diaryl/α,β-unsaturated/α-hetero) is 1. The maximum Gasteiger partial charge on any atom is 0.167 e. The Morgan fingerprint density at radius 2 is 1.60 bits per heavy atom. The van der Waals surface area contributed by atoms with Gasteiger partial charge in [-0.05, 0) is 62.2 Å². The van der Waals surface area contributed by atoms with Crippen molar-refractivity contribution in [1.82, 2.24) is 0 Å². The van der Waals surface area contributed by atoms with Crippen molar-refractivity contribution in [3.63, 3.8) is 0 Å². The van der Waals surface area contributed by atoms with Gasteiger partial charge in [-0.3, -0.25) is 4.79 Å². The molecule has 2 saturated carbocycles. The van der Waals surface area contributed by atoms with Crippen LogP contribution in [0, 0.1) is 23.2 Å². The van der Waals surface area contributed by atoms with Crippen molar-refractivity contribution in [3.8, 4) is 0 Å². The van der Waals surface area contributed by atoms with Gasteiger partial charge in [0.2, 0.25) is 0 Å². The Bertz CT molecular complexity index is 348. The lowest BCUT2D eigenvalue weighted by Gasteiger charge is -2.44. The lowest BCUT2D eigenvalue weighted by atomic mass is 9.65. The number of carbonyl (C=O) groups is 1. The maximum atomic E-state index is 13.0. The summed E-state index contributed by atoms with van der Waals surface area (Å²) in [6.45, 7) is 9.23. The molecule has 2 heteroatoms. The van der Waals surface area contributed by atoms with Crippen molar-refractivity contribution >= 4 is 5.78 Å². The van der Waals surface area contributed by atoms with E-state index < -0.39 is 5.60 Å². The predicted molar refractivity (Wildman–Crippen MR) is 82.7 cm³/mol.